The van der Waals surface area contributed by atoms with Crippen LogP contribution >= 0.6 is 0 Å². The summed E-state index contributed by atoms with van der Waals surface area (Å²) in [7, 11) is 0. The SMILES string of the molecule is C=C[C@H]1[C@@H](C)C(=O)N2[C@H]1O[C@@H]1C[C@H](C)CC[C@H]1C2(C)C. The van der Waals surface area contributed by atoms with Crippen molar-refractivity contribution in [2.75, 3.05) is 0 Å². The number of fused-ring (bicyclic) bond motifs is 2. The first-order valence-electron chi connectivity index (χ1n) is 7.99. The van der Waals surface area contributed by atoms with Gasteiger partial charge >= 0.3 is 0 Å². The van der Waals surface area contributed by atoms with Crippen LogP contribution in [0.5, 0.6) is 0 Å². The van der Waals surface area contributed by atoms with Gasteiger partial charge in [-0.15, -0.1) is 6.58 Å². The van der Waals surface area contributed by atoms with Gasteiger partial charge in [0.15, 0.2) is 0 Å². The van der Waals surface area contributed by atoms with Crippen molar-refractivity contribution in [3.05, 3.63) is 12.7 Å². The fraction of sp³-hybridized carbons (Fsp3) is 0.824. The lowest BCUT2D eigenvalue weighted by Crippen LogP contribution is -2.64. The molecular weight excluding hydrogens is 250 g/mol. The van der Waals surface area contributed by atoms with Crippen LogP contribution in [0, 0.1) is 23.7 Å². The number of amides is 1. The van der Waals surface area contributed by atoms with Crippen LogP contribution in [0.2, 0.25) is 0 Å². The van der Waals surface area contributed by atoms with E-state index in [9.17, 15) is 4.79 Å². The van der Waals surface area contributed by atoms with Crippen LogP contribution in [-0.2, 0) is 9.53 Å². The van der Waals surface area contributed by atoms with E-state index in [1.807, 2.05) is 17.9 Å². The average molecular weight is 277 g/mol. The lowest BCUT2D eigenvalue weighted by Gasteiger charge is -2.55. The number of hydrogen-bond donors (Lipinski definition) is 0. The fourth-order valence-electron chi connectivity index (χ4n) is 4.66. The van der Waals surface area contributed by atoms with Gasteiger partial charge in [0.05, 0.1) is 6.10 Å². The van der Waals surface area contributed by atoms with Crippen molar-refractivity contribution in [3.8, 4) is 0 Å². The number of carbonyl (C=O) groups excluding carboxylic acids is 1. The molecule has 1 aliphatic carbocycles. The van der Waals surface area contributed by atoms with Crippen molar-refractivity contribution in [2.45, 2.75) is 64.8 Å². The topological polar surface area (TPSA) is 29.5 Å². The standard InChI is InChI=1S/C17H27NO2/c1-6-12-11(3)15(19)18-16(12)20-14-9-10(2)7-8-13(14)17(18,4)5/h6,10-14,16H,1,7-9H2,2-5H3/t10-,11-,12+,13-,14-,16+/m1/s1. The van der Waals surface area contributed by atoms with Crippen LogP contribution in [0.3, 0.4) is 0 Å². The maximum atomic E-state index is 12.7. The zero-order valence-electron chi connectivity index (χ0n) is 13.1. The molecule has 2 aliphatic heterocycles. The number of nitrogens with zero attached hydrogens (tertiary/aromatic N) is 1. The molecule has 0 spiro atoms. The Morgan fingerprint density at radius 3 is 2.70 bits per heavy atom. The van der Waals surface area contributed by atoms with Crippen LogP contribution in [0.15, 0.2) is 12.7 Å². The Labute approximate surface area is 122 Å². The van der Waals surface area contributed by atoms with Gasteiger partial charge in [-0.3, -0.25) is 4.79 Å². The average Bonchev–Trinajstić information content (AvgIpc) is 2.61. The predicted octanol–water partition coefficient (Wildman–Crippen LogP) is 3.21. The third-order valence-corrected chi connectivity index (χ3v) is 5.96. The zero-order valence-corrected chi connectivity index (χ0v) is 13.1. The molecule has 0 aromatic carbocycles. The maximum Gasteiger partial charge on any atom is 0.228 e. The van der Waals surface area contributed by atoms with Crippen LogP contribution < -0.4 is 0 Å². The first-order valence-corrected chi connectivity index (χ1v) is 7.99. The molecule has 112 valence electrons. The quantitative estimate of drug-likeness (QED) is 0.689. The van der Waals surface area contributed by atoms with Gasteiger partial charge in [-0.25, -0.2) is 0 Å². The van der Waals surface area contributed by atoms with E-state index in [0.29, 0.717) is 12.0 Å². The Bertz CT molecular complexity index is 431. The van der Waals surface area contributed by atoms with Gasteiger partial charge in [0.25, 0.3) is 0 Å². The molecule has 0 N–H and O–H groups in total. The molecule has 0 aromatic rings. The van der Waals surface area contributed by atoms with Crippen molar-refractivity contribution in [3.63, 3.8) is 0 Å². The Morgan fingerprint density at radius 1 is 1.35 bits per heavy atom. The zero-order chi connectivity index (χ0) is 14.7. The third-order valence-electron chi connectivity index (χ3n) is 5.96. The summed E-state index contributed by atoms with van der Waals surface area (Å²) >= 11 is 0. The van der Waals surface area contributed by atoms with Gasteiger partial charge in [-0.2, -0.15) is 0 Å². The molecule has 20 heavy (non-hydrogen) atoms. The molecule has 6 atom stereocenters. The van der Waals surface area contributed by atoms with Crippen molar-refractivity contribution in [2.24, 2.45) is 23.7 Å². The summed E-state index contributed by atoms with van der Waals surface area (Å²) in [5.74, 6) is 1.56. The van der Waals surface area contributed by atoms with E-state index < -0.39 is 0 Å². The number of carbonyl (C=O) groups is 1. The van der Waals surface area contributed by atoms with Gasteiger partial charge in [0, 0.05) is 23.3 Å². The highest BCUT2D eigenvalue weighted by molar-refractivity contribution is 5.82. The maximum absolute atomic E-state index is 12.7. The lowest BCUT2D eigenvalue weighted by atomic mass is 9.70. The molecule has 3 nitrogen and oxygen atoms in total. The van der Waals surface area contributed by atoms with E-state index in [4.69, 9.17) is 4.74 Å². The third kappa shape index (κ3) is 1.78. The van der Waals surface area contributed by atoms with E-state index in [1.165, 1.54) is 12.8 Å². The molecule has 2 saturated heterocycles. The van der Waals surface area contributed by atoms with E-state index in [-0.39, 0.29) is 29.5 Å². The molecule has 1 saturated carbocycles. The van der Waals surface area contributed by atoms with E-state index in [1.54, 1.807) is 0 Å². The fourth-order valence-corrected chi connectivity index (χ4v) is 4.66. The highest BCUT2D eigenvalue weighted by Crippen LogP contribution is 2.50. The van der Waals surface area contributed by atoms with Crippen LogP contribution in [0.4, 0.5) is 0 Å². The van der Waals surface area contributed by atoms with Gasteiger partial charge in [-0.1, -0.05) is 26.3 Å². The molecule has 0 bridgehead atoms. The smallest absolute Gasteiger partial charge is 0.228 e. The predicted molar refractivity (Wildman–Crippen MR) is 78.9 cm³/mol. The summed E-state index contributed by atoms with van der Waals surface area (Å²) in [6.07, 6.45) is 5.66. The molecule has 3 fully saturated rings. The summed E-state index contributed by atoms with van der Waals surface area (Å²) in [6, 6.07) is 0. The van der Waals surface area contributed by atoms with Crippen molar-refractivity contribution >= 4 is 5.91 Å². The Hall–Kier alpha value is -0.830. The molecule has 1 amide bonds. The highest BCUT2D eigenvalue weighted by atomic mass is 16.5. The molecular formula is C17H27NO2. The summed E-state index contributed by atoms with van der Waals surface area (Å²) < 4.78 is 6.40. The minimum absolute atomic E-state index is 0.00523. The minimum Gasteiger partial charge on any atom is -0.354 e. The second-order valence-corrected chi connectivity index (χ2v) is 7.55. The van der Waals surface area contributed by atoms with E-state index in [2.05, 4.69) is 27.4 Å². The highest BCUT2D eigenvalue weighted by Gasteiger charge is 2.58. The van der Waals surface area contributed by atoms with Gasteiger partial charge in [0.1, 0.15) is 6.23 Å². The van der Waals surface area contributed by atoms with E-state index >= 15 is 0 Å². The molecule has 3 rings (SSSR count). The number of hydrogen-bond acceptors (Lipinski definition) is 2. The number of ether oxygens (including phenoxy) is 1. The summed E-state index contributed by atoms with van der Waals surface area (Å²) in [5, 5.41) is 0. The van der Waals surface area contributed by atoms with Crippen molar-refractivity contribution in [1.82, 2.24) is 4.90 Å². The lowest BCUT2D eigenvalue weighted by molar-refractivity contribution is -0.224. The van der Waals surface area contributed by atoms with Crippen molar-refractivity contribution < 1.29 is 9.53 Å². The largest absolute Gasteiger partial charge is 0.354 e. The van der Waals surface area contributed by atoms with Crippen LogP contribution in [-0.4, -0.2) is 28.7 Å². The van der Waals surface area contributed by atoms with Gasteiger partial charge < -0.3 is 9.64 Å². The van der Waals surface area contributed by atoms with Crippen LogP contribution in [0.1, 0.15) is 47.0 Å². The van der Waals surface area contributed by atoms with Crippen LogP contribution in [0.25, 0.3) is 0 Å². The summed E-state index contributed by atoms with van der Waals surface area (Å²) in [6.45, 7) is 12.7. The first-order chi connectivity index (χ1) is 9.37. The van der Waals surface area contributed by atoms with Crippen molar-refractivity contribution in [1.29, 1.82) is 0 Å². The Balaban J connectivity index is 1.96. The first kappa shape index (κ1) is 14.1. The molecule has 0 radical (unpaired) electrons. The monoisotopic (exact) mass is 277 g/mol. The summed E-state index contributed by atoms with van der Waals surface area (Å²) in [4.78, 5) is 14.7. The molecule has 2 heterocycles. The van der Waals surface area contributed by atoms with Gasteiger partial charge in [0.2, 0.25) is 5.91 Å². The second kappa shape index (κ2) is 4.59. The summed E-state index contributed by atoms with van der Waals surface area (Å²) in [5.41, 5.74) is -0.100. The normalized spacial score (nSPS) is 46.8. The molecule has 0 aromatic heterocycles. The molecule has 0 unspecified atom stereocenters. The Kier molecular flexibility index (Phi) is 3.24. The molecule has 3 aliphatic rings. The minimum atomic E-state index is -0.100. The van der Waals surface area contributed by atoms with E-state index in [0.717, 1.165) is 12.3 Å². The number of rotatable bonds is 1. The Morgan fingerprint density at radius 2 is 2.05 bits per heavy atom. The van der Waals surface area contributed by atoms with Gasteiger partial charge in [-0.05, 0) is 32.6 Å². The second-order valence-electron chi connectivity index (χ2n) is 7.55. The molecule has 3 heteroatoms.